The van der Waals surface area contributed by atoms with E-state index < -0.39 is 18.1 Å². The predicted molar refractivity (Wildman–Crippen MR) is 122 cm³/mol. The molecule has 154 valence electrons. The molecular weight excluding hydrogens is 407 g/mol. The van der Waals surface area contributed by atoms with Crippen molar-refractivity contribution in [3.63, 3.8) is 0 Å². The summed E-state index contributed by atoms with van der Waals surface area (Å²) in [5.74, 6) is 0. The number of hydrogen-bond acceptors (Lipinski definition) is 5. The van der Waals surface area contributed by atoms with Crippen molar-refractivity contribution in [3.05, 3.63) is 60.7 Å². The highest BCUT2D eigenvalue weighted by Gasteiger charge is 2.36. The molecule has 0 aliphatic heterocycles. The lowest BCUT2D eigenvalue weighted by Crippen LogP contribution is -2.28. The highest BCUT2D eigenvalue weighted by atomic mass is 32.2. The molecule has 2 rings (SSSR count). The highest BCUT2D eigenvalue weighted by molar-refractivity contribution is 8.01. The first-order valence-electron chi connectivity index (χ1n) is 9.90. The minimum Gasteiger partial charge on any atom is -0.293 e. The Morgan fingerprint density at radius 3 is 1.29 bits per heavy atom. The second-order valence-electron chi connectivity index (χ2n) is 6.52. The maximum atomic E-state index is 13.0. The van der Waals surface area contributed by atoms with E-state index in [1.54, 1.807) is 23.5 Å². The van der Waals surface area contributed by atoms with Crippen molar-refractivity contribution < 1.29 is 13.6 Å². The smallest absolute Gasteiger partial charge is 0.293 e. The summed E-state index contributed by atoms with van der Waals surface area (Å²) in [6.07, 6.45) is 3.00. The van der Waals surface area contributed by atoms with Crippen molar-refractivity contribution in [2.45, 2.75) is 73.0 Å². The molecule has 6 heteroatoms. The summed E-state index contributed by atoms with van der Waals surface area (Å²) in [5.41, 5.74) is 0. The molecule has 2 aromatic rings. The first-order valence-corrected chi connectivity index (χ1v) is 12.8. The third kappa shape index (κ3) is 6.67. The van der Waals surface area contributed by atoms with Crippen LogP contribution in [0.15, 0.2) is 70.5 Å². The van der Waals surface area contributed by atoms with Gasteiger partial charge in [0, 0.05) is 9.79 Å². The molecule has 28 heavy (non-hydrogen) atoms. The third-order valence-electron chi connectivity index (χ3n) is 4.79. The number of hydrogen-bond donors (Lipinski definition) is 0. The van der Waals surface area contributed by atoms with Gasteiger partial charge in [0.25, 0.3) is 0 Å². The molecule has 0 atom stereocenters. The van der Waals surface area contributed by atoms with E-state index in [4.69, 9.17) is 9.05 Å². The molecule has 0 aliphatic rings. The highest BCUT2D eigenvalue weighted by Crippen LogP contribution is 2.51. The zero-order valence-corrected chi connectivity index (χ0v) is 19.8. The van der Waals surface area contributed by atoms with E-state index in [9.17, 15) is 4.57 Å². The van der Waals surface area contributed by atoms with Crippen molar-refractivity contribution >= 4 is 31.8 Å². The zero-order valence-electron chi connectivity index (χ0n) is 17.1. The number of benzene rings is 2. The van der Waals surface area contributed by atoms with Gasteiger partial charge >= 0.3 is 8.25 Å². The summed E-state index contributed by atoms with van der Waals surface area (Å²) >= 11 is 3.25. The second-order valence-corrected chi connectivity index (χ2v) is 10.3. The van der Waals surface area contributed by atoms with Crippen LogP contribution in [0.2, 0.25) is 0 Å². The summed E-state index contributed by atoms with van der Waals surface area (Å²) in [6, 6.07) is 20.2. The van der Waals surface area contributed by atoms with Crippen LogP contribution in [0.1, 0.15) is 53.4 Å². The average Bonchev–Trinajstić information content (AvgIpc) is 2.74. The summed E-state index contributed by atoms with van der Waals surface area (Å²) < 4.78 is 25.2. The molecule has 0 radical (unpaired) electrons. The van der Waals surface area contributed by atoms with Crippen LogP contribution in [0.3, 0.4) is 0 Å². The summed E-state index contributed by atoms with van der Waals surface area (Å²) in [7, 11) is -2.68. The van der Waals surface area contributed by atoms with Crippen LogP contribution in [0.5, 0.6) is 0 Å². The Morgan fingerprint density at radius 1 is 0.679 bits per heavy atom. The van der Waals surface area contributed by atoms with Gasteiger partial charge in [-0.05, 0) is 49.9 Å². The van der Waals surface area contributed by atoms with E-state index >= 15 is 0 Å². The van der Waals surface area contributed by atoms with Crippen molar-refractivity contribution in [3.8, 4) is 0 Å². The molecule has 0 aliphatic carbocycles. The minimum atomic E-state index is -2.68. The molecule has 0 saturated heterocycles. The minimum absolute atomic E-state index is 0.554. The lowest BCUT2D eigenvalue weighted by Gasteiger charge is -2.35. The fourth-order valence-corrected chi connectivity index (χ4v) is 6.84. The Kier molecular flexibility index (Phi) is 9.65. The molecule has 0 spiro atoms. The zero-order chi connectivity index (χ0) is 20.5. The molecular formula is C22H31O3PS2. The van der Waals surface area contributed by atoms with Crippen LogP contribution in [-0.2, 0) is 13.6 Å². The van der Waals surface area contributed by atoms with Gasteiger partial charge in [0.05, 0.1) is 0 Å². The van der Waals surface area contributed by atoms with Crippen molar-refractivity contribution in [2.75, 3.05) is 0 Å². The van der Waals surface area contributed by atoms with Crippen LogP contribution < -0.4 is 0 Å². The van der Waals surface area contributed by atoms with Gasteiger partial charge in [-0.3, -0.25) is 13.6 Å². The molecule has 0 unspecified atom stereocenters. The number of rotatable bonds is 12. The fraction of sp³-hybridized carbons (Fsp3) is 0.455. The average molecular weight is 439 g/mol. The lowest BCUT2D eigenvalue weighted by molar-refractivity contribution is 0.0881. The number of thioether (sulfide) groups is 2. The fourth-order valence-electron chi connectivity index (χ4n) is 2.85. The molecule has 0 N–H and O–H groups in total. The van der Waals surface area contributed by atoms with Crippen LogP contribution in [-0.4, -0.2) is 9.87 Å². The largest absolute Gasteiger partial charge is 0.321 e. The summed E-state index contributed by atoms with van der Waals surface area (Å²) in [4.78, 5) is 1.11. The normalized spacial score (nSPS) is 12.5. The van der Waals surface area contributed by atoms with Crippen LogP contribution in [0.25, 0.3) is 0 Å². The topological polar surface area (TPSA) is 35.5 Å². The molecule has 0 saturated carbocycles. The molecule has 2 aromatic carbocycles. The Bertz CT molecular complexity index is 656. The molecule has 0 aromatic heterocycles. The van der Waals surface area contributed by atoms with Gasteiger partial charge in [0.15, 0.2) is 0 Å². The maximum absolute atomic E-state index is 13.0. The standard InChI is InChI=1S/C22H31O3PS2/c1-5-21(6-2,27-19-15-11-9-12-16-19)24-26(23)25-22(7-3,8-4)28-20-17-13-10-14-18-20/h9-18,26H,5-8H2,1-4H3. The van der Waals surface area contributed by atoms with Crippen LogP contribution in [0, 0.1) is 0 Å². The van der Waals surface area contributed by atoms with E-state index in [2.05, 4.69) is 52.0 Å². The van der Waals surface area contributed by atoms with Gasteiger partial charge in [0.2, 0.25) is 0 Å². The lowest BCUT2D eigenvalue weighted by atomic mass is 10.2. The quantitative estimate of drug-likeness (QED) is 0.190. The van der Waals surface area contributed by atoms with E-state index in [-0.39, 0.29) is 0 Å². The van der Waals surface area contributed by atoms with E-state index in [0.29, 0.717) is 0 Å². The maximum Gasteiger partial charge on any atom is 0.321 e. The Balaban J connectivity index is 2.12. The Hall–Kier alpha value is -0.710. The van der Waals surface area contributed by atoms with Gasteiger partial charge in [-0.15, -0.1) is 0 Å². The van der Waals surface area contributed by atoms with E-state index in [0.717, 1.165) is 35.5 Å². The van der Waals surface area contributed by atoms with E-state index in [1.807, 2.05) is 36.4 Å². The molecule has 0 heterocycles. The first-order chi connectivity index (χ1) is 13.5. The Labute approximate surface area is 178 Å². The predicted octanol–water partition coefficient (Wildman–Crippen LogP) is 8.03. The second kappa shape index (κ2) is 11.5. The van der Waals surface area contributed by atoms with Gasteiger partial charge in [-0.2, -0.15) is 0 Å². The van der Waals surface area contributed by atoms with Gasteiger partial charge in [0.1, 0.15) is 9.87 Å². The molecule has 3 nitrogen and oxygen atoms in total. The van der Waals surface area contributed by atoms with Gasteiger partial charge < -0.3 is 0 Å². The van der Waals surface area contributed by atoms with Crippen molar-refractivity contribution in [1.82, 2.24) is 0 Å². The summed E-state index contributed by atoms with van der Waals surface area (Å²) in [5, 5.41) is 0. The first kappa shape index (κ1) is 23.6. The van der Waals surface area contributed by atoms with Crippen molar-refractivity contribution in [1.29, 1.82) is 0 Å². The Morgan fingerprint density at radius 2 is 1.00 bits per heavy atom. The van der Waals surface area contributed by atoms with Gasteiger partial charge in [-0.25, -0.2) is 0 Å². The third-order valence-corrected chi connectivity index (χ3v) is 9.28. The summed E-state index contributed by atoms with van der Waals surface area (Å²) in [6.45, 7) is 8.28. The van der Waals surface area contributed by atoms with Gasteiger partial charge in [-0.1, -0.05) is 87.6 Å². The molecule has 0 bridgehead atoms. The SMILES string of the molecule is CCC(CC)(O[PH](=O)OC(CC)(CC)Sc1ccccc1)Sc1ccccc1. The van der Waals surface area contributed by atoms with E-state index in [1.165, 1.54) is 0 Å². The molecule has 0 amide bonds. The van der Waals surface area contributed by atoms with Crippen LogP contribution in [0.4, 0.5) is 0 Å². The molecule has 0 fully saturated rings. The monoisotopic (exact) mass is 438 g/mol. The van der Waals surface area contributed by atoms with Crippen LogP contribution >= 0.6 is 31.8 Å². The van der Waals surface area contributed by atoms with Crippen molar-refractivity contribution in [2.24, 2.45) is 0 Å².